The van der Waals surface area contributed by atoms with Crippen molar-refractivity contribution in [1.29, 1.82) is 0 Å². The van der Waals surface area contributed by atoms with Gasteiger partial charge in [0.05, 0.1) is 11.0 Å². The molecule has 0 atom stereocenters. The number of fused-ring (bicyclic) bond motifs is 1. The fourth-order valence-corrected chi connectivity index (χ4v) is 2.53. The summed E-state index contributed by atoms with van der Waals surface area (Å²) in [6, 6.07) is 20.4. The molecule has 1 N–H and O–H groups in total. The number of hydrogen-bond acceptors (Lipinski definition) is 3. The summed E-state index contributed by atoms with van der Waals surface area (Å²) in [5.41, 5.74) is 3.72. The van der Waals surface area contributed by atoms with Crippen molar-refractivity contribution in [3.8, 4) is 11.5 Å². The first-order chi connectivity index (χ1) is 11.3. The highest BCUT2D eigenvalue weighted by atomic mass is 16.1. The van der Waals surface area contributed by atoms with Gasteiger partial charge in [-0.05, 0) is 30.3 Å². The van der Waals surface area contributed by atoms with Crippen molar-refractivity contribution < 1.29 is 4.79 Å². The van der Waals surface area contributed by atoms with Gasteiger partial charge in [-0.15, -0.1) is 0 Å². The minimum absolute atomic E-state index is 0.00474. The van der Waals surface area contributed by atoms with E-state index >= 15 is 0 Å². The number of nitrogens with one attached hydrogen (secondary N) is 1. The minimum Gasteiger partial charge on any atom is -0.337 e. The predicted molar refractivity (Wildman–Crippen MR) is 89.2 cm³/mol. The Hall–Kier alpha value is -3.27. The standard InChI is InChI=1S/C19H13N3O/c23-18(13-6-2-1-3-7-13)14-9-10-15-17(12-14)22-19(21-15)16-8-4-5-11-20-16/h1-12H,(H,21,22). The first kappa shape index (κ1) is 13.4. The molecule has 4 rings (SSSR count). The van der Waals surface area contributed by atoms with Crippen LogP contribution in [0.15, 0.2) is 72.9 Å². The summed E-state index contributed by atoms with van der Waals surface area (Å²) in [5.74, 6) is 0.694. The van der Waals surface area contributed by atoms with Crippen LogP contribution in [0.4, 0.5) is 0 Å². The summed E-state index contributed by atoms with van der Waals surface area (Å²) in [6.45, 7) is 0. The van der Waals surface area contributed by atoms with Gasteiger partial charge in [0.15, 0.2) is 11.6 Å². The quantitative estimate of drug-likeness (QED) is 0.584. The lowest BCUT2D eigenvalue weighted by molar-refractivity contribution is 0.103. The number of nitrogens with zero attached hydrogens (tertiary/aromatic N) is 2. The fourth-order valence-electron chi connectivity index (χ4n) is 2.53. The third kappa shape index (κ3) is 2.51. The van der Waals surface area contributed by atoms with Crippen molar-refractivity contribution in [2.24, 2.45) is 0 Å². The van der Waals surface area contributed by atoms with Crippen LogP contribution in [0.25, 0.3) is 22.6 Å². The minimum atomic E-state index is -0.00474. The monoisotopic (exact) mass is 299 g/mol. The van der Waals surface area contributed by atoms with Gasteiger partial charge in [-0.3, -0.25) is 9.78 Å². The lowest BCUT2D eigenvalue weighted by atomic mass is 10.0. The summed E-state index contributed by atoms with van der Waals surface area (Å²) in [5, 5.41) is 0. The number of imidazole rings is 1. The average molecular weight is 299 g/mol. The van der Waals surface area contributed by atoms with E-state index in [2.05, 4.69) is 15.0 Å². The average Bonchev–Trinajstić information content (AvgIpc) is 3.06. The first-order valence-electron chi connectivity index (χ1n) is 7.32. The zero-order valence-corrected chi connectivity index (χ0v) is 12.2. The molecule has 0 saturated heterocycles. The van der Waals surface area contributed by atoms with Crippen LogP contribution in [0.3, 0.4) is 0 Å². The molecule has 0 aliphatic heterocycles. The highest BCUT2D eigenvalue weighted by molar-refractivity contribution is 6.10. The maximum atomic E-state index is 12.5. The number of hydrogen-bond donors (Lipinski definition) is 1. The van der Waals surface area contributed by atoms with Gasteiger partial charge in [0.25, 0.3) is 0 Å². The van der Waals surface area contributed by atoms with Gasteiger partial charge in [0.1, 0.15) is 5.69 Å². The summed E-state index contributed by atoms with van der Waals surface area (Å²) >= 11 is 0. The van der Waals surface area contributed by atoms with E-state index in [1.807, 2.05) is 66.7 Å². The highest BCUT2D eigenvalue weighted by Crippen LogP contribution is 2.21. The number of aromatic amines is 1. The van der Waals surface area contributed by atoms with Crippen LogP contribution in [-0.4, -0.2) is 20.7 Å². The summed E-state index contributed by atoms with van der Waals surface area (Å²) in [4.78, 5) is 24.6. The van der Waals surface area contributed by atoms with Crippen molar-refractivity contribution in [3.63, 3.8) is 0 Å². The fraction of sp³-hybridized carbons (Fsp3) is 0. The Morgan fingerprint density at radius 1 is 0.870 bits per heavy atom. The Morgan fingerprint density at radius 2 is 1.70 bits per heavy atom. The van der Waals surface area contributed by atoms with Crippen molar-refractivity contribution in [3.05, 3.63) is 84.1 Å². The number of aromatic nitrogens is 3. The molecule has 2 aromatic carbocycles. The van der Waals surface area contributed by atoms with Gasteiger partial charge < -0.3 is 4.98 Å². The zero-order chi connectivity index (χ0) is 15.6. The second-order valence-electron chi connectivity index (χ2n) is 5.23. The van der Waals surface area contributed by atoms with Crippen molar-refractivity contribution >= 4 is 16.8 Å². The molecule has 4 aromatic rings. The Kier molecular flexibility index (Phi) is 3.20. The third-order valence-corrected chi connectivity index (χ3v) is 3.69. The molecule has 0 amide bonds. The Balaban J connectivity index is 1.75. The van der Waals surface area contributed by atoms with E-state index in [0.717, 1.165) is 16.7 Å². The maximum Gasteiger partial charge on any atom is 0.193 e. The van der Waals surface area contributed by atoms with Crippen LogP contribution in [0.1, 0.15) is 15.9 Å². The van der Waals surface area contributed by atoms with Gasteiger partial charge in [-0.25, -0.2) is 4.98 Å². The molecule has 4 nitrogen and oxygen atoms in total. The van der Waals surface area contributed by atoms with E-state index in [4.69, 9.17) is 0 Å². The third-order valence-electron chi connectivity index (χ3n) is 3.69. The van der Waals surface area contributed by atoms with E-state index in [1.165, 1.54) is 0 Å². The van der Waals surface area contributed by atoms with Crippen molar-refractivity contribution in [2.75, 3.05) is 0 Å². The molecular formula is C19H13N3O. The number of benzene rings is 2. The van der Waals surface area contributed by atoms with E-state index in [9.17, 15) is 4.79 Å². The van der Waals surface area contributed by atoms with Gasteiger partial charge >= 0.3 is 0 Å². The molecule has 2 aromatic heterocycles. The van der Waals surface area contributed by atoms with Crippen LogP contribution in [0.5, 0.6) is 0 Å². The van der Waals surface area contributed by atoms with Crippen molar-refractivity contribution in [1.82, 2.24) is 15.0 Å². The van der Waals surface area contributed by atoms with Gasteiger partial charge in [-0.2, -0.15) is 0 Å². The molecule has 0 aliphatic rings. The van der Waals surface area contributed by atoms with E-state index in [1.54, 1.807) is 6.20 Å². The molecule has 0 fully saturated rings. The summed E-state index contributed by atoms with van der Waals surface area (Å²) in [7, 11) is 0. The molecule has 0 spiro atoms. The maximum absolute atomic E-state index is 12.5. The normalized spacial score (nSPS) is 10.8. The van der Waals surface area contributed by atoms with Crippen LogP contribution in [0.2, 0.25) is 0 Å². The number of pyridine rings is 1. The lowest BCUT2D eigenvalue weighted by Crippen LogP contribution is -2.00. The highest BCUT2D eigenvalue weighted by Gasteiger charge is 2.11. The molecule has 0 aliphatic carbocycles. The van der Waals surface area contributed by atoms with Gasteiger partial charge in [0.2, 0.25) is 0 Å². The summed E-state index contributed by atoms with van der Waals surface area (Å²) in [6.07, 6.45) is 1.73. The van der Waals surface area contributed by atoms with E-state index in [-0.39, 0.29) is 5.78 Å². The predicted octanol–water partition coefficient (Wildman–Crippen LogP) is 3.86. The van der Waals surface area contributed by atoms with Crippen LogP contribution in [0, 0.1) is 0 Å². The lowest BCUT2D eigenvalue weighted by Gasteiger charge is -2.00. The first-order valence-corrected chi connectivity index (χ1v) is 7.32. The molecule has 110 valence electrons. The molecule has 23 heavy (non-hydrogen) atoms. The van der Waals surface area contributed by atoms with E-state index < -0.39 is 0 Å². The zero-order valence-electron chi connectivity index (χ0n) is 12.2. The van der Waals surface area contributed by atoms with Crippen molar-refractivity contribution in [2.45, 2.75) is 0 Å². The number of H-pyrrole nitrogens is 1. The topological polar surface area (TPSA) is 58.6 Å². The molecular weight excluding hydrogens is 286 g/mol. The second kappa shape index (κ2) is 5.50. The SMILES string of the molecule is O=C(c1ccccc1)c1ccc2[nH]c(-c3ccccn3)nc2c1. The van der Waals surface area contributed by atoms with Crippen LogP contribution in [-0.2, 0) is 0 Å². The number of carbonyl (C=O) groups is 1. The smallest absolute Gasteiger partial charge is 0.193 e. The molecule has 0 radical (unpaired) electrons. The van der Waals surface area contributed by atoms with Gasteiger partial charge in [0, 0.05) is 17.3 Å². The molecule has 2 heterocycles. The molecule has 4 heteroatoms. The Bertz CT molecular complexity index is 975. The number of carbonyl (C=O) groups excluding carboxylic acids is 1. The largest absolute Gasteiger partial charge is 0.337 e. The van der Waals surface area contributed by atoms with E-state index in [0.29, 0.717) is 17.0 Å². The number of rotatable bonds is 3. The van der Waals surface area contributed by atoms with Gasteiger partial charge in [-0.1, -0.05) is 36.4 Å². The summed E-state index contributed by atoms with van der Waals surface area (Å²) < 4.78 is 0. The van der Waals surface area contributed by atoms with Crippen LogP contribution < -0.4 is 0 Å². The molecule has 0 saturated carbocycles. The molecule has 0 unspecified atom stereocenters. The number of ketones is 1. The second-order valence-corrected chi connectivity index (χ2v) is 5.23. The molecule has 0 bridgehead atoms. The Morgan fingerprint density at radius 3 is 2.48 bits per heavy atom. The Labute approximate surface area is 132 Å². The van der Waals surface area contributed by atoms with Crippen LogP contribution >= 0.6 is 0 Å².